The first-order chi connectivity index (χ1) is 15.6. The van der Waals surface area contributed by atoms with Crippen molar-refractivity contribution in [3.05, 3.63) is 77.4 Å². The van der Waals surface area contributed by atoms with Crippen molar-refractivity contribution in [1.82, 2.24) is 9.88 Å². The van der Waals surface area contributed by atoms with Gasteiger partial charge in [-0.3, -0.25) is 4.79 Å². The Hall–Kier alpha value is -3.41. The van der Waals surface area contributed by atoms with Crippen LogP contribution in [0.25, 0.3) is 16.5 Å². The zero-order valence-electron chi connectivity index (χ0n) is 17.8. The van der Waals surface area contributed by atoms with Crippen LogP contribution >= 0.6 is 0 Å². The van der Waals surface area contributed by atoms with Crippen LogP contribution in [0.3, 0.4) is 0 Å². The average molecular weight is 432 g/mol. The predicted octanol–water partition coefficient (Wildman–Crippen LogP) is 5.22. The number of aromatic amines is 1. The first-order valence-electron chi connectivity index (χ1n) is 11.2. The molecule has 6 heteroatoms. The van der Waals surface area contributed by atoms with Crippen LogP contribution in [-0.2, 0) is 16.0 Å². The summed E-state index contributed by atoms with van der Waals surface area (Å²) in [5.74, 6) is -1.09. The van der Waals surface area contributed by atoms with Crippen molar-refractivity contribution in [2.75, 3.05) is 6.54 Å². The Morgan fingerprint density at radius 3 is 2.53 bits per heavy atom. The molecular weight excluding hydrogens is 407 g/mol. The molecule has 1 fully saturated rings. The van der Waals surface area contributed by atoms with E-state index in [1.54, 1.807) is 6.20 Å². The van der Waals surface area contributed by atoms with Gasteiger partial charge in [0.1, 0.15) is 11.9 Å². The van der Waals surface area contributed by atoms with Crippen molar-refractivity contribution in [3.63, 3.8) is 0 Å². The van der Waals surface area contributed by atoms with E-state index in [0.717, 1.165) is 42.1 Å². The van der Waals surface area contributed by atoms with E-state index in [1.807, 2.05) is 24.3 Å². The van der Waals surface area contributed by atoms with E-state index in [1.165, 1.54) is 35.6 Å². The Morgan fingerprint density at radius 1 is 1.00 bits per heavy atom. The van der Waals surface area contributed by atoms with Gasteiger partial charge in [-0.05, 0) is 68.0 Å². The second kappa shape index (κ2) is 8.61. The highest BCUT2D eigenvalue weighted by Crippen LogP contribution is 2.33. The van der Waals surface area contributed by atoms with Crippen LogP contribution in [0.2, 0.25) is 0 Å². The number of amides is 1. The number of halogens is 1. The van der Waals surface area contributed by atoms with Gasteiger partial charge in [0.25, 0.3) is 5.91 Å². The topological polar surface area (TPSA) is 62.4 Å². The number of para-hydroxylation sites is 1. The molecule has 1 aliphatic carbocycles. The zero-order valence-corrected chi connectivity index (χ0v) is 17.8. The third-order valence-corrected chi connectivity index (χ3v) is 6.37. The van der Waals surface area contributed by atoms with Gasteiger partial charge in [-0.25, -0.2) is 9.18 Å². The van der Waals surface area contributed by atoms with Crippen LogP contribution in [0.1, 0.15) is 53.7 Å². The minimum atomic E-state index is -0.413. The zero-order chi connectivity index (χ0) is 22.1. The minimum absolute atomic E-state index is 0.0884. The maximum atomic E-state index is 13.3. The SMILES string of the molecule is O=C(OC1CCCCC1)C1=CN(C(=O)c2ccc(F)cc2)CCc2c1[nH]c1ccccc21. The fourth-order valence-electron chi connectivity index (χ4n) is 4.68. The third-order valence-electron chi connectivity index (χ3n) is 6.37. The molecule has 0 unspecified atom stereocenters. The fourth-order valence-corrected chi connectivity index (χ4v) is 4.68. The smallest absolute Gasteiger partial charge is 0.342 e. The Kier molecular flexibility index (Phi) is 5.52. The molecule has 0 bridgehead atoms. The number of H-pyrrole nitrogens is 1. The summed E-state index contributed by atoms with van der Waals surface area (Å²) in [6.07, 6.45) is 7.12. The third kappa shape index (κ3) is 3.93. The Bertz CT molecular complexity index is 1190. The van der Waals surface area contributed by atoms with Crippen LogP contribution in [0.5, 0.6) is 0 Å². The number of benzene rings is 2. The van der Waals surface area contributed by atoms with E-state index in [-0.39, 0.29) is 12.0 Å². The molecule has 2 aromatic carbocycles. The molecule has 164 valence electrons. The second-order valence-corrected chi connectivity index (χ2v) is 8.49. The van der Waals surface area contributed by atoms with Gasteiger partial charge in [-0.2, -0.15) is 0 Å². The molecule has 0 spiro atoms. The van der Waals surface area contributed by atoms with Crippen LogP contribution in [0.15, 0.2) is 54.7 Å². The Morgan fingerprint density at radius 2 is 1.75 bits per heavy atom. The minimum Gasteiger partial charge on any atom is -0.459 e. The van der Waals surface area contributed by atoms with E-state index in [2.05, 4.69) is 4.98 Å². The fraction of sp³-hybridized carbons (Fsp3) is 0.308. The summed E-state index contributed by atoms with van der Waals surface area (Å²) < 4.78 is 19.2. The highest BCUT2D eigenvalue weighted by Gasteiger charge is 2.29. The largest absolute Gasteiger partial charge is 0.459 e. The molecule has 1 aliphatic heterocycles. The number of esters is 1. The predicted molar refractivity (Wildman–Crippen MR) is 120 cm³/mol. The lowest BCUT2D eigenvalue weighted by Crippen LogP contribution is -2.28. The molecule has 3 aromatic rings. The summed E-state index contributed by atoms with van der Waals surface area (Å²) in [6.45, 7) is 0.408. The molecule has 2 heterocycles. The first-order valence-corrected chi connectivity index (χ1v) is 11.2. The maximum Gasteiger partial charge on any atom is 0.342 e. The molecule has 5 rings (SSSR count). The molecule has 32 heavy (non-hydrogen) atoms. The lowest BCUT2D eigenvalue weighted by Gasteiger charge is -2.23. The number of nitrogens with zero attached hydrogens (tertiary/aromatic N) is 1. The van der Waals surface area contributed by atoms with Crippen molar-refractivity contribution in [2.45, 2.75) is 44.6 Å². The van der Waals surface area contributed by atoms with Crippen molar-refractivity contribution in [3.8, 4) is 0 Å². The van der Waals surface area contributed by atoms with Gasteiger partial charge in [-0.15, -0.1) is 0 Å². The van der Waals surface area contributed by atoms with Crippen LogP contribution < -0.4 is 0 Å². The van der Waals surface area contributed by atoms with E-state index < -0.39 is 11.8 Å². The number of hydrogen-bond donors (Lipinski definition) is 1. The van der Waals surface area contributed by atoms with Gasteiger partial charge < -0.3 is 14.6 Å². The molecule has 1 N–H and O–H groups in total. The highest BCUT2D eigenvalue weighted by atomic mass is 19.1. The highest BCUT2D eigenvalue weighted by molar-refractivity contribution is 6.18. The summed E-state index contributed by atoms with van der Waals surface area (Å²) in [5, 5.41) is 1.04. The maximum absolute atomic E-state index is 13.3. The second-order valence-electron chi connectivity index (χ2n) is 8.49. The standard InChI is InChI=1S/C26H25FN2O3/c27-18-12-10-17(11-13-18)25(30)29-15-14-21-20-8-4-5-9-23(20)28-24(21)22(16-29)26(31)32-19-6-2-1-3-7-19/h4-5,8-13,16,19,28H,1-3,6-7,14-15H2. The van der Waals surface area contributed by atoms with Gasteiger partial charge in [0.05, 0.1) is 11.3 Å². The number of carbonyl (C=O) groups excluding carboxylic acids is 2. The molecular formula is C26H25FN2O3. The molecule has 1 saturated carbocycles. The van der Waals surface area contributed by atoms with E-state index in [9.17, 15) is 14.0 Å². The first kappa shape index (κ1) is 20.5. The molecule has 0 saturated heterocycles. The summed E-state index contributed by atoms with van der Waals surface area (Å²) in [5.41, 5.74) is 3.39. The number of rotatable bonds is 3. The van der Waals surface area contributed by atoms with Crippen molar-refractivity contribution in [1.29, 1.82) is 0 Å². The van der Waals surface area contributed by atoms with Gasteiger partial charge in [0.15, 0.2) is 0 Å². The van der Waals surface area contributed by atoms with Gasteiger partial charge >= 0.3 is 5.97 Å². The van der Waals surface area contributed by atoms with Crippen molar-refractivity contribution >= 4 is 28.4 Å². The van der Waals surface area contributed by atoms with Gasteiger partial charge in [0, 0.05) is 29.2 Å². The number of ether oxygens (including phenoxy) is 1. The molecule has 0 radical (unpaired) electrons. The lowest BCUT2D eigenvalue weighted by atomic mass is 9.97. The monoisotopic (exact) mass is 432 g/mol. The van der Waals surface area contributed by atoms with Crippen molar-refractivity contribution in [2.24, 2.45) is 0 Å². The number of fused-ring (bicyclic) bond motifs is 3. The average Bonchev–Trinajstić information content (AvgIpc) is 3.07. The molecule has 0 atom stereocenters. The summed E-state index contributed by atoms with van der Waals surface area (Å²) in [7, 11) is 0. The number of aromatic nitrogens is 1. The van der Waals surface area contributed by atoms with Gasteiger partial charge in [-0.1, -0.05) is 24.6 Å². The normalized spacial score (nSPS) is 16.9. The number of hydrogen-bond acceptors (Lipinski definition) is 3. The van der Waals surface area contributed by atoms with E-state index in [0.29, 0.717) is 29.8 Å². The molecule has 5 nitrogen and oxygen atoms in total. The quantitative estimate of drug-likeness (QED) is 0.577. The summed E-state index contributed by atoms with van der Waals surface area (Å²) in [4.78, 5) is 31.4. The van der Waals surface area contributed by atoms with Crippen molar-refractivity contribution < 1.29 is 18.7 Å². The van der Waals surface area contributed by atoms with Crippen LogP contribution in [0.4, 0.5) is 4.39 Å². The van der Waals surface area contributed by atoms with E-state index in [4.69, 9.17) is 4.74 Å². The Balaban J connectivity index is 1.53. The lowest BCUT2D eigenvalue weighted by molar-refractivity contribution is -0.143. The molecule has 1 aromatic heterocycles. The number of nitrogens with one attached hydrogen (secondary N) is 1. The van der Waals surface area contributed by atoms with Crippen LogP contribution in [0, 0.1) is 5.82 Å². The molecule has 2 aliphatic rings. The Labute approximate surface area is 185 Å². The van der Waals surface area contributed by atoms with Crippen LogP contribution in [-0.4, -0.2) is 34.4 Å². The summed E-state index contributed by atoms with van der Waals surface area (Å²) >= 11 is 0. The molecule has 1 amide bonds. The summed E-state index contributed by atoms with van der Waals surface area (Å²) in [6, 6.07) is 13.4. The van der Waals surface area contributed by atoms with Gasteiger partial charge in [0.2, 0.25) is 0 Å². The van der Waals surface area contributed by atoms with E-state index >= 15 is 0 Å². The number of carbonyl (C=O) groups is 2.